The summed E-state index contributed by atoms with van der Waals surface area (Å²) in [4.78, 5) is 27.6. The van der Waals surface area contributed by atoms with E-state index in [-0.39, 0.29) is 11.1 Å². The van der Waals surface area contributed by atoms with Crippen molar-refractivity contribution >= 4 is 28.4 Å². The van der Waals surface area contributed by atoms with Crippen LogP contribution in [-0.4, -0.2) is 47.1 Å². The van der Waals surface area contributed by atoms with Gasteiger partial charge in [-0.05, 0) is 23.8 Å². The molecule has 1 N–H and O–H groups in total. The van der Waals surface area contributed by atoms with Crippen molar-refractivity contribution in [2.75, 3.05) is 18.0 Å². The topological polar surface area (TPSA) is 56.4 Å². The molecule has 0 unspecified atom stereocenters. The number of amides is 2. The van der Waals surface area contributed by atoms with E-state index in [1.54, 1.807) is 24.3 Å². The predicted octanol–water partition coefficient (Wildman–Crippen LogP) is 4.65. The number of hydrogen-bond acceptors (Lipinski definition) is 2. The molecule has 170 valence electrons. The van der Waals surface area contributed by atoms with Crippen molar-refractivity contribution in [1.29, 1.82) is 0 Å². The van der Waals surface area contributed by atoms with E-state index >= 15 is 0 Å². The van der Waals surface area contributed by atoms with Crippen LogP contribution in [0.3, 0.4) is 0 Å². The van der Waals surface area contributed by atoms with Gasteiger partial charge in [-0.3, -0.25) is 9.59 Å². The smallest absolute Gasteiger partial charge is 0.361 e. The Kier molecular flexibility index (Phi) is 6.47. The minimum atomic E-state index is -5.27. The van der Waals surface area contributed by atoms with Crippen LogP contribution in [0.15, 0.2) is 60.8 Å². The number of rotatable bonds is 6. The fraction of sp³-hybridized carbons (Fsp3) is 0.238. The number of hydrogen-bond donors (Lipinski definition) is 1. The van der Waals surface area contributed by atoms with Crippen molar-refractivity contribution in [2.24, 2.45) is 0 Å². The van der Waals surface area contributed by atoms with Crippen molar-refractivity contribution in [3.63, 3.8) is 0 Å². The zero-order valence-electron chi connectivity index (χ0n) is 16.4. The summed E-state index contributed by atoms with van der Waals surface area (Å²) in [5.74, 6) is -4.45. The highest BCUT2D eigenvalue weighted by molar-refractivity contribution is 6.05. The minimum absolute atomic E-state index is 0.134. The summed E-state index contributed by atoms with van der Waals surface area (Å²) in [5, 5.41) is 0.279. The number of H-pyrrole nitrogens is 1. The predicted molar refractivity (Wildman–Crippen MR) is 105 cm³/mol. The van der Waals surface area contributed by atoms with Crippen LogP contribution in [0.2, 0.25) is 0 Å². The van der Waals surface area contributed by atoms with Gasteiger partial charge in [0, 0.05) is 36.7 Å². The third-order valence-electron chi connectivity index (χ3n) is 4.69. The Balaban J connectivity index is 1.93. The summed E-state index contributed by atoms with van der Waals surface area (Å²) >= 11 is 0. The van der Waals surface area contributed by atoms with Gasteiger partial charge in [-0.15, -0.1) is 0 Å². The Bertz CT molecular complexity index is 1090. The van der Waals surface area contributed by atoms with E-state index < -0.39 is 43.8 Å². The first-order chi connectivity index (χ1) is 15.0. The molecule has 3 rings (SSSR count). The third kappa shape index (κ3) is 5.21. The Morgan fingerprint density at radius 2 is 1.44 bits per heavy atom. The maximum Gasteiger partial charge on any atom is 0.471 e. The molecule has 2 amide bonds. The van der Waals surface area contributed by atoms with E-state index in [4.69, 9.17) is 0 Å². The largest absolute Gasteiger partial charge is 0.471 e. The number of carbonyl (C=O) groups is 2. The van der Waals surface area contributed by atoms with E-state index in [9.17, 15) is 35.9 Å². The van der Waals surface area contributed by atoms with Crippen molar-refractivity contribution in [3.05, 3.63) is 66.4 Å². The Morgan fingerprint density at radius 3 is 2.06 bits per heavy atom. The zero-order chi connectivity index (χ0) is 23.5. The van der Waals surface area contributed by atoms with E-state index in [1.165, 1.54) is 36.5 Å². The summed E-state index contributed by atoms with van der Waals surface area (Å²) in [7, 11) is 0. The van der Waals surface area contributed by atoms with Gasteiger partial charge in [0.25, 0.3) is 0 Å². The molecule has 0 saturated heterocycles. The number of alkyl halides is 6. The number of halogens is 6. The first-order valence-electron chi connectivity index (χ1n) is 9.33. The molecule has 1 heterocycles. The molecule has 0 aliphatic carbocycles. The van der Waals surface area contributed by atoms with Crippen molar-refractivity contribution in [1.82, 2.24) is 9.88 Å². The molecule has 1 aromatic heterocycles. The Labute approximate surface area is 178 Å². The van der Waals surface area contributed by atoms with Crippen molar-refractivity contribution in [3.8, 4) is 0 Å². The van der Waals surface area contributed by atoms with Gasteiger partial charge in [0.05, 0.1) is 5.69 Å². The highest BCUT2D eigenvalue weighted by Crippen LogP contribution is 2.30. The molecular weight excluding hydrogens is 440 g/mol. The molecule has 0 fully saturated rings. The fourth-order valence-electron chi connectivity index (χ4n) is 3.24. The standard InChI is InChI=1S/C21H17F6N3O2/c22-20(23,24)18(31)29(13-14-5-2-1-3-6-14)11-12-30(19(32)21(25,26)27)17-8-4-7-16-15(17)9-10-28-16/h1-10,28H,11-13H2. The van der Waals surface area contributed by atoms with Crippen LogP contribution in [0.25, 0.3) is 10.9 Å². The van der Waals surface area contributed by atoms with E-state index in [0.29, 0.717) is 20.9 Å². The summed E-state index contributed by atoms with van der Waals surface area (Å²) in [5.41, 5.74) is 0.659. The molecule has 0 aliphatic heterocycles. The molecular formula is C21H17F6N3O2. The zero-order valence-corrected chi connectivity index (χ0v) is 16.4. The molecule has 0 saturated carbocycles. The van der Waals surface area contributed by atoms with E-state index in [2.05, 4.69) is 4.98 Å². The van der Waals surface area contributed by atoms with Crippen LogP contribution < -0.4 is 4.90 Å². The lowest BCUT2D eigenvalue weighted by molar-refractivity contribution is -0.186. The second kappa shape index (κ2) is 8.93. The summed E-state index contributed by atoms with van der Waals surface area (Å²) < 4.78 is 79.1. The van der Waals surface area contributed by atoms with Crippen LogP contribution in [0.1, 0.15) is 5.56 Å². The van der Waals surface area contributed by atoms with Crippen molar-refractivity contribution in [2.45, 2.75) is 18.9 Å². The normalized spacial score (nSPS) is 12.1. The lowest BCUT2D eigenvalue weighted by Gasteiger charge is -2.29. The Hall–Kier alpha value is -3.50. The van der Waals surface area contributed by atoms with Gasteiger partial charge in [-0.2, -0.15) is 26.3 Å². The highest BCUT2D eigenvalue weighted by atomic mass is 19.4. The fourth-order valence-corrected chi connectivity index (χ4v) is 3.24. The minimum Gasteiger partial charge on any atom is -0.361 e. The van der Waals surface area contributed by atoms with Gasteiger partial charge in [0.2, 0.25) is 0 Å². The van der Waals surface area contributed by atoms with Gasteiger partial charge < -0.3 is 14.8 Å². The van der Waals surface area contributed by atoms with E-state index in [1.807, 2.05) is 0 Å². The average Bonchev–Trinajstić information content (AvgIpc) is 3.21. The number of aromatic nitrogens is 1. The molecule has 3 aromatic rings. The van der Waals surface area contributed by atoms with Gasteiger partial charge in [-0.1, -0.05) is 36.4 Å². The second-order valence-corrected chi connectivity index (χ2v) is 6.88. The SMILES string of the molecule is O=C(N(CCN(C(=O)C(F)(F)F)c1cccc2[nH]ccc12)Cc1ccccc1)C(F)(F)F. The average molecular weight is 457 g/mol. The van der Waals surface area contributed by atoms with Gasteiger partial charge in [0.1, 0.15) is 0 Å². The quantitative estimate of drug-likeness (QED) is 0.548. The van der Waals surface area contributed by atoms with Crippen LogP contribution >= 0.6 is 0 Å². The number of aromatic amines is 1. The summed E-state index contributed by atoms with van der Waals surface area (Å²) in [6.45, 7) is -2.05. The number of benzene rings is 2. The highest BCUT2D eigenvalue weighted by Gasteiger charge is 2.45. The molecule has 32 heavy (non-hydrogen) atoms. The van der Waals surface area contributed by atoms with Crippen LogP contribution in [0.4, 0.5) is 32.0 Å². The number of anilines is 1. The lowest BCUT2D eigenvalue weighted by atomic mass is 10.2. The third-order valence-corrected chi connectivity index (χ3v) is 4.69. The first kappa shape index (κ1) is 23.2. The van der Waals surface area contributed by atoms with E-state index in [0.717, 1.165) is 0 Å². The van der Waals surface area contributed by atoms with Gasteiger partial charge >= 0.3 is 24.2 Å². The van der Waals surface area contributed by atoms with Gasteiger partial charge in [-0.25, -0.2) is 0 Å². The number of carbonyl (C=O) groups excluding carboxylic acids is 2. The maximum atomic E-state index is 13.3. The second-order valence-electron chi connectivity index (χ2n) is 6.88. The molecule has 11 heteroatoms. The Morgan fingerprint density at radius 1 is 0.781 bits per heavy atom. The molecule has 0 bridgehead atoms. The monoisotopic (exact) mass is 457 g/mol. The first-order valence-corrected chi connectivity index (χ1v) is 9.33. The molecule has 0 atom stereocenters. The molecule has 5 nitrogen and oxygen atoms in total. The molecule has 0 spiro atoms. The molecule has 2 aromatic carbocycles. The van der Waals surface area contributed by atoms with Crippen LogP contribution in [0, 0.1) is 0 Å². The molecule has 0 aliphatic rings. The van der Waals surface area contributed by atoms with Crippen LogP contribution in [0.5, 0.6) is 0 Å². The lowest BCUT2D eigenvalue weighted by Crippen LogP contribution is -2.48. The van der Waals surface area contributed by atoms with Gasteiger partial charge in [0.15, 0.2) is 0 Å². The molecule has 0 radical (unpaired) electrons. The number of fused-ring (bicyclic) bond motifs is 1. The van der Waals surface area contributed by atoms with Crippen molar-refractivity contribution < 1.29 is 35.9 Å². The maximum absolute atomic E-state index is 13.3. The van der Waals surface area contributed by atoms with Crippen LogP contribution in [-0.2, 0) is 16.1 Å². The summed E-state index contributed by atoms with van der Waals surface area (Å²) in [6.07, 6.45) is -9.04. The number of nitrogens with one attached hydrogen (secondary N) is 1. The summed E-state index contributed by atoms with van der Waals surface area (Å²) in [6, 6.07) is 13.4. The number of nitrogens with zero attached hydrogens (tertiary/aromatic N) is 2.